The Labute approximate surface area is 181 Å². The first-order chi connectivity index (χ1) is 13.9. The summed E-state index contributed by atoms with van der Waals surface area (Å²) in [6.07, 6.45) is 3.20. The van der Waals surface area contributed by atoms with Gasteiger partial charge in [0.15, 0.2) is 0 Å². The van der Waals surface area contributed by atoms with E-state index in [1.165, 1.54) is 0 Å². The van der Waals surface area contributed by atoms with Crippen molar-refractivity contribution in [3.63, 3.8) is 0 Å². The van der Waals surface area contributed by atoms with Crippen LogP contribution in [0.15, 0.2) is 42.5 Å². The molecular formula is C22H25Cl2N3O2. The molecule has 1 atom stereocenters. The van der Waals surface area contributed by atoms with Crippen LogP contribution in [0.4, 0.5) is 5.69 Å². The van der Waals surface area contributed by atoms with Crippen LogP contribution in [0.3, 0.4) is 0 Å². The Bertz CT molecular complexity index is 865. The highest BCUT2D eigenvalue weighted by molar-refractivity contribution is 6.31. The van der Waals surface area contributed by atoms with Gasteiger partial charge in [-0.3, -0.25) is 9.59 Å². The van der Waals surface area contributed by atoms with E-state index in [1.54, 1.807) is 30.3 Å². The molecule has 0 aliphatic carbocycles. The van der Waals surface area contributed by atoms with Gasteiger partial charge in [0.2, 0.25) is 5.91 Å². The van der Waals surface area contributed by atoms with Crippen LogP contribution in [0.1, 0.15) is 48.1 Å². The SMILES string of the molecule is CC(NC(=O)CNc1cc(Cl)ccc1C(=O)N1CCCCC1)c1ccc(Cl)cc1. The van der Waals surface area contributed by atoms with Gasteiger partial charge < -0.3 is 15.5 Å². The normalized spacial score (nSPS) is 14.9. The van der Waals surface area contributed by atoms with Crippen LogP contribution in [0.25, 0.3) is 0 Å². The summed E-state index contributed by atoms with van der Waals surface area (Å²) >= 11 is 12.0. The van der Waals surface area contributed by atoms with E-state index in [0.717, 1.165) is 37.9 Å². The van der Waals surface area contributed by atoms with Crippen molar-refractivity contribution in [1.29, 1.82) is 0 Å². The minimum atomic E-state index is -0.177. The van der Waals surface area contributed by atoms with Gasteiger partial charge in [-0.1, -0.05) is 35.3 Å². The summed E-state index contributed by atoms with van der Waals surface area (Å²) in [7, 11) is 0. The lowest BCUT2D eigenvalue weighted by Gasteiger charge is -2.27. The first kappa shape index (κ1) is 21.5. The number of carbonyl (C=O) groups excluding carboxylic acids is 2. The predicted octanol–water partition coefficient (Wildman–Crippen LogP) is 4.91. The smallest absolute Gasteiger partial charge is 0.255 e. The maximum Gasteiger partial charge on any atom is 0.255 e. The lowest BCUT2D eigenvalue weighted by Crippen LogP contribution is -2.36. The van der Waals surface area contributed by atoms with E-state index >= 15 is 0 Å². The Balaban J connectivity index is 1.63. The molecule has 1 aliphatic heterocycles. The Morgan fingerprint density at radius 3 is 2.34 bits per heavy atom. The van der Waals surface area contributed by atoms with Crippen molar-refractivity contribution in [2.45, 2.75) is 32.2 Å². The summed E-state index contributed by atoms with van der Waals surface area (Å²) in [6.45, 7) is 3.48. The van der Waals surface area contributed by atoms with Crippen molar-refractivity contribution in [1.82, 2.24) is 10.2 Å². The molecule has 1 unspecified atom stereocenters. The summed E-state index contributed by atoms with van der Waals surface area (Å²) in [5.74, 6) is -0.206. The second-order valence-electron chi connectivity index (χ2n) is 7.24. The van der Waals surface area contributed by atoms with Gasteiger partial charge in [0.1, 0.15) is 0 Å². The van der Waals surface area contributed by atoms with Crippen molar-refractivity contribution in [2.24, 2.45) is 0 Å². The van der Waals surface area contributed by atoms with E-state index in [-0.39, 0.29) is 24.4 Å². The van der Waals surface area contributed by atoms with E-state index in [2.05, 4.69) is 10.6 Å². The maximum atomic E-state index is 12.9. The quantitative estimate of drug-likeness (QED) is 0.679. The average Bonchev–Trinajstić information content (AvgIpc) is 2.73. The van der Waals surface area contributed by atoms with Crippen LogP contribution in [0, 0.1) is 0 Å². The van der Waals surface area contributed by atoms with E-state index in [4.69, 9.17) is 23.2 Å². The van der Waals surface area contributed by atoms with Gasteiger partial charge in [-0.15, -0.1) is 0 Å². The fourth-order valence-corrected chi connectivity index (χ4v) is 3.72. The zero-order valence-electron chi connectivity index (χ0n) is 16.4. The number of amides is 2. The molecule has 3 rings (SSSR count). The third-order valence-electron chi connectivity index (χ3n) is 5.04. The molecule has 0 spiro atoms. The number of benzene rings is 2. The monoisotopic (exact) mass is 433 g/mol. The molecular weight excluding hydrogens is 409 g/mol. The number of hydrogen-bond acceptors (Lipinski definition) is 3. The zero-order valence-corrected chi connectivity index (χ0v) is 17.9. The molecule has 1 fully saturated rings. The lowest BCUT2D eigenvalue weighted by molar-refractivity contribution is -0.120. The molecule has 7 heteroatoms. The van der Waals surface area contributed by atoms with Gasteiger partial charge in [0.05, 0.1) is 18.2 Å². The zero-order chi connectivity index (χ0) is 20.8. The van der Waals surface area contributed by atoms with Crippen molar-refractivity contribution in [3.8, 4) is 0 Å². The minimum absolute atomic E-state index is 0.0289. The van der Waals surface area contributed by atoms with Crippen LogP contribution < -0.4 is 10.6 Å². The van der Waals surface area contributed by atoms with Gasteiger partial charge in [-0.05, 0) is 62.1 Å². The molecule has 0 radical (unpaired) electrons. The fourth-order valence-electron chi connectivity index (χ4n) is 3.42. The summed E-state index contributed by atoms with van der Waals surface area (Å²) in [5.41, 5.74) is 2.07. The highest BCUT2D eigenvalue weighted by Crippen LogP contribution is 2.24. The molecule has 0 aromatic heterocycles. The van der Waals surface area contributed by atoms with Gasteiger partial charge >= 0.3 is 0 Å². The van der Waals surface area contributed by atoms with Gasteiger partial charge in [-0.2, -0.15) is 0 Å². The first-order valence-electron chi connectivity index (χ1n) is 9.81. The molecule has 2 aromatic carbocycles. The molecule has 2 aromatic rings. The molecule has 0 bridgehead atoms. The highest BCUT2D eigenvalue weighted by atomic mass is 35.5. The number of hydrogen-bond donors (Lipinski definition) is 2. The Hall–Kier alpha value is -2.24. The minimum Gasteiger partial charge on any atom is -0.375 e. The van der Waals surface area contributed by atoms with E-state index in [9.17, 15) is 9.59 Å². The molecule has 1 heterocycles. The molecule has 0 saturated carbocycles. The molecule has 5 nitrogen and oxygen atoms in total. The van der Waals surface area contributed by atoms with Crippen LogP contribution >= 0.6 is 23.2 Å². The number of piperidine rings is 1. The van der Waals surface area contributed by atoms with E-state index in [0.29, 0.717) is 21.3 Å². The average molecular weight is 434 g/mol. The van der Waals surface area contributed by atoms with E-state index < -0.39 is 0 Å². The topological polar surface area (TPSA) is 61.4 Å². The summed E-state index contributed by atoms with van der Waals surface area (Å²) < 4.78 is 0. The molecule has 2 amide bonds. The Kier molecular flexibility index (Phi) is 7.40. The summed E-state index contributed by atoms with van der Waals surface area (Å²) in [6, 6.07) is 12.3. The molecule has 1 aliphatic rings. The number of nitrogens with zero attached hydrogens (tertiary/aromatic N) is 1. The lowest BCUT2D eigenvalue weighted by atomic mass is 10.1. The van der Waals surface area contributed by atoms with Crippen LogP contribution in [-0.4, -0.2) is 36.3 Å². The van der Waals surface area contributed by atoms with Gasteiger partial charge in [-0.25, -0.2) is 0 Å². The van der Waals surface area contributed by atoms with Crippen molar-refractivity contribution in [3.05, 3.63) is 63.6 Å². The number of anilines is 1. The van der Waals surface area contributed by atoms with Crippen molar-refractivity contribution in [2.75, 3.05) is 25.0 Å². The summed E-state index contributed by atoms with van der Waals surface area (Å²) in [5, 5.41) is 7.18. The Morgan fingerprint density at radius 1 is 1.00 bits per heavy atom. The first-order valence-corrected chi connectivity index (χ1v) is 10.6. The van der Waals surface area contributed by atoms with Crippen molar-refractivity contribution < 1.29 is 9.59 Å². The number of nitrogens with one attached hydrogen (secondary N) is 2. The van der Waals surface area contributed by atoms with Crippen LogP contribution in [0.2, 0.25) is 10.0 Å². The predicted molar refractivity (Wildman–Crippen MR) is 118 cm³/mol. The molecule has 2 N–H and O–H groups in total. The van der Waals surface area contributed by atoms with Crippen LogP contribution in [0.5, 0.6) is 0 Å². The summed E-state index contributed by atoms with van der Waals surface area (Å²) in [4.78, 5) is 27.2. The standard InChI is InChI=1S/C22H25Cl2N3O2/c1-15(16-5-7-17(23)8-6-16)26-21(28)14-25-20-13-18(24)9-10-19(20)22(29)27-11-3-2-4-12-27/h5-10,13,15,25H,2-4,11-12,14H2,1H3,(H,26,28). The Morgan fingerprint density at radius 2 is 1.66 bits per heavy atom. The second kappa shape index (κ2) is 9.99. The molecule has 29 heavy (non-hydrogen) atoms. The number of likely N-dealkylation sites (tertiary alicyclic amines) is 1. The second-order valence-corrected chi connectivity index (χ2v) is 8.11. The van der Waals surface area contributed by atoms with Gasteiger partial charge in [0, 0.05) is 28.8 Å². The molecule has 1 saturated heterocycles. The van der Waals surface area contributed by atoms with Gasteiger partial charge in [0.25, 0.3) is 5.91 Å². The number of carbonyl (C=O) groups is 2. The highest BCUT2D eigenvalue weighted by Gasteiger charge is 2.21. The third kappa shape index (κ3) is 5.87. The number of rotatable bonds is 6. The molecule has 154 valence electrons. The number of halogens is 2. The third-order valence-corrected chi connectivity index (χ3v) is 5.53. The fraction of sp³-hybridized carbons (Fsp3) is 0.364. The van der Waals surface area contributed by atoms with Crippen molar-refractivity contribution >= 4 is 40.7 Å². The largest absolute Gasteiger partial charge is 0.375 e. The van der Waals surface area contributed by atoms with Crippen LogP contribution in [-0.2, 0) is 4.79 Å². The maximum absolute atomic E-state index is 12.9. The van der Waals surface area contributed by atoms with E-state index in [1.807, 2.05) is 24.0 Å².